The van der Waals surface area contributed by atoms with Gasteiger partial charge >= 0.3 is 12.3 Å². The Labute approximate surface area is 100 Å². The molecule has 1 atom stereocenters. The summed E-state index contributed by atoms with van der Waals surface area (Å²) >= 11 is 0. The summed E-state index contributed by atoms with van der Waals surface area (Å²) in [6.45, 7) is 0. The maximum Gasteiger partial charge on any atom is 0.586 e. The zero-order valence-corrected chi connectivity index (χ0v) is 8.89. The number of para-hydroxylation sites is 1. The van der Waals surface area contributed by atoms with Crippen molar-refractivity contribution in [1.29, 1.82) is 5.26 Å². The smallest absolute Gasteiger partial charge is 0.480 e. The Morgan fingerprint density at radius 3 is 2.83 bits per heavy atom. The summed E-state index contributed by atoms with van der Waals surface area (Å²) in [7, 11) is 0. The second-order valence-corrected chi connectivity index (χ2v) is 3.64. The molecule has 0 aliphatic carbocycles. The molecule has 1 aliphatic rings. The number of rotatable bonds is 3. The molecular formula is C11H7F2NO4. The van der Waals surface area contributed by atoms with Crippen molar-refractivity contribution in [3.63, 3.8) is 0 Å². The van der Waals surface area contributed by atoms with E-state index >= 15 is 0 Å². The standard InChI is InChI=1S/C11H7F2NO4/c12-11(13)17-8-3-1-2-6(9(8)18-11)4-7(5-14)10(15)16/h1-3,7H,4H2,(H,15,16). The molecule has 0 saturated carbocycles. The van der Waals surface area contributed by atoms with Gasteiger partial charge in [-0.3, -0.25) is 4.79 Å². The molecule has 7 heteroatoms. The Morgan fingerprint density at radius 2 is 2.22 bits per heavy atom. The third-order valence-corrected chi connectivity index (χ3v) is 2.39. The van der Waals surface area contributed by atoms with Crippen LogP contribution in [0.3, 0.4) is 0 Å². The van der Waals surface area contributed by atoms with E-state index in [4.69, 9.17) is 10.4 Å². The lowest BCUT2D eigenvalue weighted by atomic mass is 10.00. The zero-order valence-electron chi connectivity index (χ0n) is 8.89. The van der Waals surface area contributed by atoms with E-state index in [0.717, 1.165) is 0 Å². The SMILES string of the molecule is N#CC(Cc1cccc2c1OC(F)(F)O2)C(=O)O. The minimum atomic E-state index is -3.76. The van der Waals surface area contributed by atoms with Gasteiger partial charge in [-0.2, -0.15) is 5.26 Å². The summed E-state index contributed by atoms with van der Waals surface area (Å²) in [5, 5.41) is 17.4. The van der Waals surface area contributed by atoms with E-state index in [0.29, 0.717) is 0 Å². The van der Waals surface area contributed by atoms with Crippen LogP contribution in [-0.2, 0) is 11.2 Å². The van der Waals surface area contributed by atoms with Crippen LogP contribution in [0.4, 0.5) is 8.78 Å². The molecule has 1 N–H and O–H groups in total. The van der Waals surface area contributed by atoms with Crippen LogP contribution in [0.15, 0.2) is 18.2 Å². The molecule has 0 aromatic heterocycles. The summed E-state index contributed by atoms with van der Waals surface area (Å²) in [6, 6.07) is 5.70. The lowest BCUT2D eigenvalue weighted by Crippen LogP contribution is -2.26. The van der Waals surface area contributed by atoms with Crippen molar-refractivity contribution >= 4 is 5.97 Å². The van der Waals surface area contributed by atoms with Crippen molar-refractivity contribution in [3.8, 4) is 17.6 Å². The number of aliphatic carboxylic acids is 1. The minimum Gasteiger partial charge on any atom is -0.480 e. The van der Waals surface area contributed by atoms with E-state index in [-0.39, 0.29) is 23.5 Å². The van der Waals surface area contributed by atoms with E-state index in [1.54, 1.807) is 6.07 Å². The number of nitrogens with zero attached hydrogens (tertiary/aromatic N) is 1. The quantitative estimate of drug-likeness (QED) is 0.890. The number of carboxylic acid groups (broad SMARTS) is 1. The molecule has 1 heterocycles. The van der Waals surface area contributed by atoms with Crippen molar-refractivity contribution in [2.75, 3.05) is 0 Å². The molecular weight excluding hydrogens is 248 g/mol. The number of nitriles is 1. The molecule has 0 spiro atoms. The number of alkyl halides is 2. The number of benzene rings is 1. The van der Waals surface area contributed by atoms with E-state index < -0.39 is 18.2 Å². The van der Waals surface area contributed by atoms with Crippen molar-refractivity contribution in [2.24, 2.45) is 5.92 Å². The van der Waals surface area contributed by atoms with Crippen molar-refractivity contribution in [2.45, 2.75) is 12.7 Å². The van der Waals surface area contributed by atoms with Crippen LogP contribution in [0.2, 0.25) is 0 Å². The molecule has 1 aliphatic heterocycles. The summed E-state index contributed by atoms with van der Waals surface area (Å²) in [5.41, 5.74) is 0.193. The van der Waals surface area contributed by atoms with E-state index in [9.17, 15) is 13.6 Å². The van der Waals surface area contributed by atoms with Crippen molar-refractivity contribution < 1.29 is 28.2 Å². The third-order valence-electron chi connectivity index (χ3n) is 2.39. The Balaban J connectivity index is 2.30. The highest BCUT2D eigenvalue weighted by molar-refractivity contribution is 5.73. The molecule has 5 nitrogen and oxygen atoms in total. The number of fused-ring (bicyclic) bond motifs is 1. The van der Waals surface area contributed by atoms with Gasteiger partial charge in [-0.1, -0.05) is 12.1 Å². The van der Waals surface area contributed by atoms with Gasteiger partial charge in [0.25, 0.3) is 0 Å². The number of carbonyl (C=O) groups is 1. The Kier molecular flexibility index (Phi) is 2.79. The number of ether oxygens (including phenoxy) is 2. The van der Waals surface area contributed by atoms with Gasteiger partial charge < -0.3 is 14.6 Å². The highest BCUT2D eigenvalue weighted by atomic mass is 19.3. The molecule has 0 radical (unpaired) electrons. The number of halogens is 2. The number of carboxylic acids is 1. The zero-order chi connectivity index (χ0) is 13.3. The molecule has 0 bridgehead atoms. The topological polar surface area (TPSA) is 79.5 Å². The predicted octanol–water partition coefficient (Wildman–Crippen LogP) is 1.77. The fourth-order valence-electron chi connectivity index (χ4n) is 1.59. The lowest BCUT2D eigenvalue weighted by Gasteiger charge is -2.08. The average molecular weight is 255 g/mol. The normalized spacial score (nSPS) is 16.9. The summed E-state index contributed by atoms with van der Waals surface area (Å²) < 4.78 is 34.3. The van der Waals surface area contributed by atoms with E-state index in [1.807, 2.05) is 0 Å². The van der Waals surface area contributed by atoms with Crippen molar-refractivity contribution in [3.05, 3.63) is 23.8 Å². The van der Waals surface area contributed by atoms with Crippen LogP contribution in [0, 0.1) is 17.2 Å². The maximum absolute atomic E-state index is 12.9. The highest BCUT2D eigenvalue weighted by Gasteiger charge is 2.44. The monoisotopic (exact) mass is 255 g/mol. The van der Waals surface area contributed by atoms with Gasteiger partial charge in [0.05, 0.1) is 6.07 Å². The predicted molar refractivity (Wildman–Crippen MR) is 53.1 cm³/mol. The summed E-state index contributed by atoms with van der Waals surface area (Å²) in [5.74, 6) is -3.03. The first kappa shape index (κ1) is 12.1. The lowest BCUT2D eigenvalue weighted by molar-refractivity contribution is -0.286. The molecule has 1 aromatic carbocycles. The van der Waals surface area contributed by atoms with Crippen LogP contribution in [0.5, 0.6) is 11.5 Å². The maximum atomic E-state index is 12.9. The first-order valence-electron chi connectivity index (χ1n) is 4.93. The number of hydrogen-bond acceptors (Lipinski definition) is 4. The molecule has 94 valence electrons. The summed E-state index contributed by atoms with van der Waals surface area (Å²) in [4.78, 5) is 10.7. The van der Waals surface area contributed by atoms with Gasteiger partial charge in [0, 0.05) is 12.0 Å². The van der Waals surface area contributed by atoms with Crippen LogP contribution >= 0.6 is 0 Å². The molecule has 0 amide bonds. The molecule has 1 aromatic rings. The van der Waals surface area contributed by atoms with Crippen LogP contribution in [0.1, 0.15) is 5.56 Å². The Morgan fingerprint density at radius 1 is 1.50 bits per heavy atom. The van der Waals surface area contributed by atoms with Gasteiger partial charge in [-0.15, -0.1) is 8.78 Å². The second kappa shape index (κ2) is 4.14. The fraction of sp³-hybridized carbons (Fsp3) is 0.273. The molecule has 0 fully saturated rings. The van der Waals surface area contributed by atoms with Gasteiger partial charge in [-0.25, -0.2) is 0 Å². The highest BCUT2D eigenvalue weighted by Crippen LogP contribution is 2.43. The number of hydrogen-bond donors (Lipinski definition) is 1. The summed E-state index contributed by atoms with van der Waals surface area (Å²) in [6.07, 6.45) is -3.99. The van der Waals surface area contributed by atoms with Gasteiger partial charge in [0.2, 0.25) is 0 Å². The minimum absolute atomic E-state index is 0.167. The van der Waals surface area contributed by atoms with Crippen molar-refractivity contribution in [1.82, 2.24) is 0 Å². The van der Waals surface area contributed by atoms with Crippen LogP contribution < -0.4 is 9.47 Å². The Bertz CT molecular complexity index is 538. The molecule has 0 saturated heterocycles. The first-order chi connectivity index (χ1) is 8.43. The second-order valence-electron chi connectivity index (χ2n) is 3.64. The van der Waals surface area contributed by atoms with Gasteiger partial charge in [-0.05, 0) is 6.07 Å². The van der Waals surface area contributed by atoms with Crippen LogP contribution in [-0.4, -0.2) is 17.4 Å². The molecule has 1 unspecified atom stereocenters. The van der Waals surface area contributed by atoms with Gasteiger partial charge in [0.15, 0.2) is 11.5 Å². The van der Waals surface area contributed by atoms with E-state index in [2.05, 4.69) is 9.47 Å². The largest absolute Gasteiger partial charge is 0.586 e. The van der Waals surface area contributed by atoms with Crippen LogP contribution in [0.25, 0.3) is 0 Å². The van der Waals surface area contributed by atoms with Gasteiger partial charge in [0.1, 0.15) is 5.92 Å². The Hall–Kier alpha value is -2.36. The van der Waals surface area contributed by atoms with E-state index in [1.165, 1.54) is 18.2 Å². The third kappa shape index (κ3) is 2.18. The fourth-order valence-corrected chi connectivity index (χ4v) is 1.59. The first-order valence-corrected chi connectivity index (χ1v) is 4.93. The molecule has 2 rings (SSSR count). The molecule has 18 heavy (non-hydrogen) atoms. The average Bonchev–Trinajstić information content (AvgIpc) is 2.60.